The largest absolute Gasteiger partial charge is 0.387 e. The summed E-state index contributed by atoms with van der Waals surface area (Å²) < 4.78 is 1.03. The van der Waals surface area contributed by atoms with Crippen LogP contribution in [0.25, 0.3) is 0 Å². The Balaban J connectivity index is 1.73. The average molecular weight is 344 g/mol. The maximum atomic E-state index is 11.8. The first-order valence-corrected chi connectivity index (χ1v) is 8.33. The molecule has 1 amide bonds. The van der Waals surface area contributed by atoms with Crippen molar-refractivity contribution < 1.29 is 9.90 Å². The van der Waals surface area contributed by atoms with Crippen LogP contribution in [-0.2, 0) is 11.2 Å². The molecule has 2 N–H and O–H groups in total. The second kappa shape index (κ2) is 6.77. The molecule has 1 aliphatic rings. The van der Waals surface area contributed by atoms with Crippen LogP contribution in [0.5, 0.6) is 0 Å². The zero-order chi connectivity index (χ0) is 13.7. The molecule has 1 atom stereocenters. The van der Waals surface area contributed by atoms with E-state index in [1.165, 1.54) is 0 Å². The van der Waals surface area contributed by atoms with Gasteiger partial charge in [0.25, 0.3) is 0 Å². The third-order valence-corrected chi connectivity index (χ3v) is 4.95. The van der Waals surface area contributed by atoms with Gasteiger partial charge in [-0.2, -0.15) is 11.8 Å². The Labute approximate surface area is 126 Å². The van der Waals surface area contributed by atoms with Crippen molar-refractivity contribution in [2.45, 2.75) is 24.9 Å². The lowest BCUT2D eigenvalue weighted by atomic mass is 10.0. The molecule has 1 aromatic carbocycles. The van der Waals surface area contributed by atoms with Gasteiger partial charge < -0.3 is 10.4 Å². The summed E-state index contributed by atoms with van der Waals surface area (Å²) in [5, 5.41) is 13.0. The highest BCUT2D eigenvalue weighted by molar-refractivity contribution is 9.10. The van der Waals surface area contributed by atoms with E-state index in [0.29, 0.717) is 13.0 Å². The van der Waals surface area contributed by atoms with E-state index in [-0.39, 0.29) is 5.91 Å². The lowest BCUT2D eigenvalue weighted by molar-refractivity contribution is -0.122. The van der Waals surface area contributed by atoms with Crippen LogP contribution in [0.15, 0.2) is 28.7 Å². The number of aliphatic hydroxyl groups is 1. The SMILES string of the molecule is O=C(CCc1cccc(Br)c1)NCC1(O)CCSC1. The number of halogens is 1. The minimum Gasteiger partial charge on any atom is -0.387 e. The molecule has 3 nitrogen and oxygen atoms in total. The van der Waals surface area contributed by atoms with Gasteiger partial charge in [-0.1, -0.05) is 28.1 Å². The van der Waals surface area contributed by atoms with Gasteiger partial charge >= 0.3 is 0 Å². The molecule has 1 aliphatic heterocycles. The van der Waals surface area contributed by atoms with Gasteiger partial charge in [0.2, 0.25) is 5.91 Å². The first kappa shape index (κ1) is 14.9. The number of aryl methyl sites for hydroxylation is 1. The van der Waals surface area contributed by atoms with E-state index in [0.717, 1.165) is 34.4 Å². The Morgan fingerprint density at radius 1 is 1.53 bits per heavy atom. The van der Waals surface area contributed by atoms with E-state index in [2.05, 4.69) is 21.2 Å². The molecule has 2 rings (SSSR count). The van der Waals surface area contributed by atoms with E-state index in [9.17, 15) is 9.90 Å². The Kier molecular flexibility index (Phi) is 5.30. The topological polar surface area (TPSA) is 49.3 Å². The maximum absolute atomic E-state index is 11.8. The van der Waals surface area contributed by atoms with E-state index >= 15 is 0 Å². The fraction of sp³-hybridized carbons (Fsp3) is 0.500. The average Bonchev–Trinajstić information content (AvgIpc) is 2.82. The first-order chi connectivity index (χ1) is 9.07. The minimum absolute atomic E-state index is 0.00491. The van der Waals surface area contributed by atoms with Crippen LogP contribution in [0.3, 0.4) is 0 Å². The highest BCUT2D eigenvalue weighted by atomic mass is 79.9. The van der Waals surface area contributed by atoms with Crippen molar-refractivity contribution in [3.63, 3.8) is 0 Å². The summed E-state index contributed by atoms with van der Waals surface area (Å²) in [4.78, 5) is 11.8. The normalized spacial score (nSPS) is 22.4. The molecule has 1 aromatic rings. The number of carbonyl (C=O) groups excluding carboxylic acids is 1. The van der Waals surface area contributed by atoms with Gasteiger partial charge in [0.15, 0.2) is 0 Å². The van der Waals surface area contributed by atoms with Crippen molar-refractivity contribution in [2.24, 2.45) is 0 Å². The van der Waals surface area contributed by atoms with Crippen molar-refractivity contribution in [2.75, 3.05) is 18.1 Å². The van der Waals surface area contributed by atoms with Gasteiger partial charge in [0, 0.05) is 23.2 Å². The smallest absolute Gasteiger partial charge is 0.220 e. The molecule has 0 bridgehead atoms. The van der Waals surface area contributed by atoms with Crippen molar-refractivity contribution in [1.82, 2.24) is 5.32 Å². The second-order valence-corrected chi connectivity index (χ2v) is 6.95. The second-order valence-electron chi connectivity index (χ2n) is 4.93. The van der Waals surface area contributed by atoms with E-state index in [4.69, 9.17) is 0 Å². The lowest BCUT2D eigenvalue weighted by Gasteiger charge is -2.21. The summed E-state index contributed by atoms with van der Waals surface area (Å²) in [7, 11) is 0. The van der Waals surface area contributed by atoms with Crippen LogP contribution in [0.1, 0.15) is 18.4 Å². The van der Waals surface area contributed by atoms with Gasteiger partial charge in [0.1, 0.15) is 0 Å². The Bertz CT molecular complexity index is 447. The number of benzene rings is 1. The number of nitrogens with one attached hydrogen (secondary N) is 1. The molecular weight excluding hydrogens is 326 g/mol. The van der Waals surface area contributed by atoms with Crippen LogP contribution in [0.2, 0.25) is 0 Å². The predicted octanol–water partition coefficient (Wildman–Crippen LogP) is 2.37. The van der Waals surface area contributed by atoms with Crippen LogP contribution in [0.4, 0.5) is 0 Å². The summed E-state index contributed by atoms with van der Waals surface area (Å²) in [6.07, 6.45) is 1.95. The van der Waals surface area contributed by atoms with E-state index in [1.54, 1.807) is 11.8 Å². The van der Waals surface area contributed by atoms with E-state index < -0.39 is 5.60 Å². The molecule has 0 spiro atoms. The fourth-order valence-corrected chi connectivity index (χ4v) is 3.78. The van der Waals surface area contributed by atoms with Crippen molar-refractivity contribution in [3.05, 3.63) is 34.3 Å². The zero-order valence-corrected chi connectivity index (χ0v) is 13.1. The summed E-state index contributed by atoms with van der Waals surface area (Å²) in [6, 6.07) is 7.97. The molecule has 1 heterocycles. The molecule has 0 aliphatic carbocycles. The summed E-state index contributed by atoms with van der Waals surface area (Å²) in [5.41, 5.74) is 0.440. The molecule has 0 aromatic heterocycles. The standard InChI is InChI=1S/C14H18BrNO2S/c15-12-3-1-2-11(8-12)4-5-13(17)16-9-14(18)6-7-19-10-14/h1-3,8,18H,4-7,9-10H2,(H,16,17). The molecule has 1 saturated heterocycles. The number of carbonyl (C=O) groups is 1. The molecular formula is C14H18BrNO2S. The Morgan fingerprint density at radius 3 is 3.05 bits per heavy atom. The molecule has 5 heteroatoms. The Hall–Kier alpha value is -0.520. The molecule has 0 radical (unpaired) electrons. The zero-order valence-electron chi connectivity index (χ0n) is 10.7. The number of rotatable bonds is 5. The maximum Gasteiger partial charge on any atom is 0.220 e. The Morgan fingerprint density at radius 2 is 2.37 bits per heavy atom. The third-order valence-electron chi connectivity index (χ3n) is 3.23. The molecule has 1 fully saturated rings. The van der Waals surface area contributed by atoms with Gasteiger partial charge in [-0.3, -0.25) is 4.79 Å². The third kappa shape index (κ3) is 4.82. The lowest BCUT2D eigenvalue weighted by Crippen LogP contribution is -2.43. The van der Waals surface area contributed by atoms with Crippen molar-refractivity contribution >= 4 is 33.6 Å². The van der Waals surface area contributed by atoms with Crippen LogP contribution in [-0.4, -0.2) is 34.7 Å². The molecule has 0 saturated carbocycles. The monoisotopic (exact) mass is 343 g/mol. The van der Waals surface area contributed by atoms with Crippen molar-refractivity contribution in [1.29, 1.82) is 0 Å². The van der Waals surface area contributed by atoms with E-state index in [1.807, 2.05) is 24.3 Å². The molecule has 1 unspecified atom stereocenters. The molecule has 104 valence electrons. The number of hydrogen-bond acceptors (Lipinski definition) is 3. The number of amides is 1. The first-order valence-electron chi connectivity index (χ1n) is 6.39. The molecule has 19 heavy (non-hydrogen) atoms. The van der Waals surface area contributed by atoms with Crippen molar-refractivity contribution in [3.8, 4) is 0 Å². The highest BCUT2D eigenvalue weighted by Gasteiger charge is 2.31. The van der Waals surface area contributed by atoms with Gasteiger partial charge in [-0.25, -0.2) is 0 Å². The highest BCUT2D eigenvalue weighted by Crippen LogP contribution is 2.26. The van der Waals surface area contributed by atoms with Crippen LogP contribution < -0.4 is 5.32 Å². The van der Waals surface area contributed by atoms with Gasteiger partial charge in [0.05, 0.1) is 5.60 Å². The van der Waals surface area contributed by atoms with Crippen LogP contribution in [0, 0.1) is 0 Å². The minimum atomic E-state index is -0.698. The predicted molar refractivity (Wildman–Crippen MR) is 82.4 cm³/mol. The van der Waals surface area contributed by atoms with Gasteiger partial charge in [-0.05, 0) is 36.3 Å². The summed E-state index contributed by atoms with van der Waals surface area (Å²) in [6.45, 7) is 0.372. The summed E-state index contributed by atoms with van der Waals surface area (Å²) >= 11 is 5.15. The number of hydrogen-bond donors (Lipinski definition) is 2. The quantitative estimate of drug-likeness (QED) is 0.862. The van der Waals surface area contributed by atoms with Gasteiger partial charge in [-0.15, -0.1) is 0 Å². The number of thioether (sulfide) groups is 1. The van der Waals surface area contributed by atoms with Crippen LogP contribution >= 0.6 is 27.7 Å². The fourth-order valence-electron chi connectivity index (χ4n) is 2.04. The summed E-state index contributed by atoms with van der Waals surface area (Å²) in [5.74, 6) is 1.70.